The van der Waals surface area contributed by atoms with E-state index in [1.165, 1.54) is 11.8 Å². The molecule has 0 radical (unpaired) electrons. The van der Waals surface area contributed by atoms with Gasteiger partial charge in [0, 0.05) is 16.6 Å². The molecule has 0 heterocycles. The monoisotopic (exact) mass is 270 g/mol. The van der Waals surface area contributed by atoms with Crippen molar-refractivity contribution in [3.63, 3.8) is 0 Å². The number of carbonyl (C=O) groups excluding carboxylic acids is 1. The maximum absolute atomic E-state index is 11.1. The van der Waals surface area contributed by atoms with Crippen molar-refractivity contribution in [2.75, 3.05) is 34.9 Å². The van der Waals surface area contributed by atoms with E-state index in [-0.39, 0.29) is 11.9 Å². The van der Waals surface area contributed by atoms with Crippen LogP contribution in [0.1, 0.15) is 13.3 Å². The second-order valence-corrected chi connectivity index (χ2v) is 6.35. The molecule has 0 aliphatic heterocycles. The highest BCUT2D eigenvalue weighted by atomic mass is 32.2. The van der Waals surface area contributed by atoms with E-state index in [4.69, 9.17) is 9.84 Å². The lowest BCUT2D eigenvalue weighted by molar-refractivity contribution is -0.142. The normalized spacial score (nSPS) is 10.3. The Bertz CT molecular complexity index is 156. The molecule has 0 saturated carbocycles. The largest absolute Gasteiger partial charge is 0.465 e. The highest BCUT2D eigenvalue weighted by molar-refractivity contribution is 8.15. The average molecular weight is 270 g/mol. The molecule has 0 aromatic carbocycles. The smallest absolute Gasteiger partial charge is 0.306 e. The lowest BCUT2D eigenvalue weighted by Gasteiger charge is -2.03. The zero-order chi connectivity index (χ0) is 11.4. The Balaban J connectivity index is 3.11. The average Bonchev–Trinajstić information content (AvgIpc) is 2.24. The molecule has 15 heavy (non-hydrogen) atoms. The number of hydrogen-bond acceptors (Lipinski definition) is 6. The molecular formula is C9H18O3S3. The van der Waals surface area contributed by atoms with E-state index < -0.39 is 0 Å². The van der Waals surface area contributed by atoms with E-state index in [1.54, 1.807) is 11.8 Å². The van der Waals surface area contributed by atoms with Gasteiger partial charge in [-0.25, -0.2) is 0 Å². The van der Waals surface area contributed by atoms with Crippen molar-refractivity contribution in [3.8, 4) is 0 Å². The molecule has 0 rings (SSSR count). The van der Waals surface area contributed by atoms with Gasteiger partial charge in [0.2, 0.25) is 0 Å². The number of carbonyl (C=O) groups is 1. The van der Waals surface area contributed by atoms with Crippen LogP contribution in [-0.4, -0.2) is 46.0 Å². The van der Waals surface area contributed by atoms with Crippen molar-refractivity contribution in [1.29, 1.82) is 0 Å². The highest BCUT2D eigenvalue weighted by Gasteiger charge is 2.02. The molecule has 6 heteroatoms. The van der Waals surface area contributed by atoms with E-state index in [0.29, 0.717) is 18.8 Å². The fourth-order valence-electron chi connectivity index (χ4n) is 0.708. The van der Waals surface area contributed by atoms with Gasteiger partial charge in [0.15, 0.2) is 0 Å². The summed E-state index contributed by atoms with van der Waals surface area (Å²) in [6.45, 7) is 2.52. The summed E-state index contributed by atoms with van der Waals surface area (Å²) >= 11 is 4.99. The lowest BCUT2D eigenvalue weighted by atomic mass is 10.5. The lowest BCUT2D eigenvalue weighted by Crippen LogP contribution is -2.08. The predicted molar refractivity (Wildman–Crippen MR) is 70.6 cm³/mol. The molecule has 0 bridgehead atoms. The van der Waals surface area contributed by atoms with Gasteiger partial charge < -0.3 is 9.84 Å². The summed E-state index contributed by atoms with van der Waals surface area (Å²) in [5.74, 6) is 2.57. The third kappa shape index (κ3) is 12.4. The van der Waals surface area contributed by atoms with Crippen LogP contribution in [0.2, 0.25) is 0 Å². The first-order chi connectivity index (χ1) is 7.31. The zero-order valence-corrected chi connectivity index (χ0v) is 11.4. The van der Waals surface area contributed by atoms with Crippen LogP contribution in [0.3, 0.4) is 0 Å². The standard InChI is InChI=1S/C9H18O3S3/c1-2-13-8-15-5-3-9(11)12-4-6-14-7-10/h10H,2-8H2,1H3. The maximum Gasteiger partial charge on any atom is 0.306 e. The van der Waals surface area contributed by atoms with Gasteiger partial charge in [-0.15, -0.1) is 11.8 Å². The molecular weight excluding hydrogens is 252 g/mol. The van der Waals surface area contributed by atoms with Gasteiger partial charge in [-0.2, -0.15) is 23.5 Å². The summed E-state index contributed by atoms with van der Waals surface area (Å²) in [6, 6.07) is 0. The van der Waals surface area contributed by atoms with E-state index in [1.807, 2.05) is 11.8 Å². The van der Waals surface area contributed by atoms with Gasteiger partial charge in [-0.3, -0.25) is 4.79 Å². The number of esters is 1. The maximum atomic E-state index is 11.1. The van der Waals surface area contributed by atoms with Gasteiger partial charge in [0.05, 0.1) is 12.4 Å². The van der Waals surface area contributed by atoms with Crippen molar-refractivity contribution < 1.29 is 14.6 Å². The topological polar surface area (TPSA) is 46.5 Å². The number of aliphatic hydroxyl groups is 1. The molecule has 0 amide bonds. The molecule has 0 fully saturated rings. The van der Waals surface area contributed by atoms with Gasteiger partial charge in [-0.05, 0) is 5.75 Å². The first-order valence-electron chi connectivity index (χ1n) is 4.81. The van der Waals surface area contributed by atoms with E-state index >= 15 is 0 Å². The van der Waals surface area contributed by atoms with Crippen LogP contribution >= 0.6 is 35.3 Å². The molecule has 0 aromatic heterocycles. The van der Waals surface area contributed by atoms with Crippen molar-refractivity contribution in [2.45, 2.75) is 13.3 Å². The quantitative estimate of drug-likeness (QED) is 0.372. The van der Waals surface area contributed by atoms with Crippen LogP contribution in [-0.2, 0) is 9.53 Å². The number of ether oxygens (including phenoxy) is 1. The first kappa shape index (κ1) is 15.5. The minimum atomic E-state index is -0.137. The van der Waals surface area contributed by atoms with E-state index in [0.717, 1.165) is 16.6 Å². The van der Waals surface area contributed by atoms with Crippen molar-refractivity contribution in [2.24, 2.45) is 0 Å². The molecule has 0 aliphatic rings. The Morgan fingerprint density at radius 2 is 2.07 bits per heavy atom. The third-order valence-corrected chi connectivity index (χ3v) is 4.28. The molecule has 0 aliphatic carbocycles. The molecule has 0 atom stereocenters. The van der Waals surface area contributed by atoms with Gasteiger partial charge in [0.1, 0.15) is 6.61 Å². The van der Waals surface area contributed by atoms with E-state index in [2.05, 4.69) is 6.92 Å². The van der Waals surface area contributed by atoms with Crippen molar-refractivity contribution in [1.82, 2.24) is 0 Å². The Morgan fingerprint density at radius 1 is 1.27 bits per heavy atom. The molecule has 0 spiro atoms. The van der Waals surface area contributed by atoms with Gasteiger partial charge >= 0.3 is 5.97 Å². The summed E-state index contributed by atoms with van der Waals surface area (Å²) in [4.78, 5) is 11.1. The van der Waals surface area contributed by atoms with Crippen LogP contribution in [0, 0.1) is 0 Å². The third-order valence-electron chi connectivity index (χ3n) is 1.40. The second-order valence-electron chi connectivity index (χ2n) is 2.53. The van der Waals surface area contributed by atoms with Crippen molar-refractivity contribution in [3.05, 3.63) is 0 Å². The fourth-order valence-corrected chi connectivity index (χ4v) is 2.96. The summed E-state index contributed by atoms with van der Waals surface area (Å²) < 4.78 is 4.96. The van der Waals surface area contributed by atoms with Crippen LogP contribution < -0.4 is 0 Å². The van der Waals surface area contributed by atoms with Crippen molar-refractivity contribution >= 4 is 41.3 Å². The number of thioether (sulfide) groups is 3. The number of rotatable bonds is 10. The Kier molecular flexibility index (Phi) is 13.0. The van der Waals surface area contributed by atoms with Gasteiger partial charge in [0.25, 0.3) is 0 Å². The van der Waals surface area contributed by atoms with Crippen LogP contribution in [0.5, 0.6) is 0 Å². The highest BCUT2D eigenvalue weighted by Crippen LogP contribution is 2.12. The summed E-state index contributed by atoms with van der Waals surface area (Å²) in [6.07, 6.45) is 0.485. The predicted octanol–water partition coefficient (Wildman–Crippen LogP) is 2.05. The molecule has 3 nitrogen and oxygen atoms in total. The first-order valence-corrected chi connectivity index (χ1v) is 8.27. The Morgan fingerprint density at radius 3 is 2.73 bits per heavy atom. The molecule has 0 saturated heterocycles. The summed E-state index contributed by atoms with van der Waals surface area (Å²) in [5.41, 5.74) is 0. The Hall–Kier alpha value is 0.480. The second kappa shape index (κ2) is 12.5. The molecule has 90 valence electrons. The SMILES string of the molecule is CCSCSCCC(=O)OCCSCO. The van der Waals surface area contributed by atoms with Crippen LogP contribution in [0.25, 0.3) is 0 Å². The zero-order valence-electron chi connectivity index (χ0n) is 8.94. The van der Waals surface area contributed by atoms with E-state index in [9.17, 15) is 4.79 Å². The molecule has 0 unspecified atom stereocenters. The summed E-state index contributed by atoms with van der Waals surface area (Å²) in [7, 11) is 0. The minimum absolute atomic E-state index is 0.0850. The number of hydrogen-bond donors (Lipinski definition) is 1. The van der Waals surface area contributed by atoms with Crippen LogP contribution in [0.15, 0.2) is 0 Å². The van der Waals surface area contributed by atoms with Crippen LogP contribution in [0.4, 0.5) is 0 Å². The molecule has 0 aromatic rings. The van der Waals surface area contributed by atoms with Gasteiger partial charge in [-0.1, -0.05) is 6.92 Å². The summed E-state index contributed by atoms with van der Waals surface area (Å²) in [5, 5.41) is 9.52. The minimum Gasteiger partial charge on any atom is -0.465 e. The molecule has 1 N–H and O–H groups in total. The fraction of sp³-hybridized carbons (Fsp3) is 0.889. The number of aliphatic hydroxyl groups excluding tert-OH is 1. The Labute approximate surface area is 104 Å².